The van der Waals surface area contributed by atoms with Crippen molar-refractivity contribution in [3.05, 3.63) is 95.0 Å². The minimum absolute atomic E-state index is 0.0634. The Morgan fingerprint density at radius 2 is 1.72 bits per heavy atom. The van der Waals surface area contributed by atoms with E-state index in [9.17, 15) is 4.79 Å². The summed E-state index contributed by atoms with van der Waals surface area (Å²) in [5, 5.41) is 3.94. The van der Waals surface area contributed by atoms with Crippen LogP contribution in [0.4, 0.5) is 0 Å². The van der Waals surface area contributed by atoms with Crippen molar-refractivity contribution in [1.82, 2.24) is 4.90 Å². The van der Waals surface area contributed by atoms with Crippen LogP contribution in [-0.2, 0) is 0 Å². The average Bonchev–Trinajstić information content (AvgIpc) is 3.02. The van der Waals surface area contributed by atoms with Crippen LogP contribution < -0.4 is 0 Å². The summed E-state index contributed by atoms with van der Waals surface area (Å²) in [5.74, 6) is 0.0634. The highest BCUT2D eigenvalue weighted by atomic mass is 32.2. The third-order valence-electron chi connectivity index (χ3n) is 4.56. The first-order chi connectivity index (χ1) is 12.2. The molecule has 1 heterocycles. The Morgan fingerprint density at radius 1 is 1.00 bits per heavy atom. The van der Waals surface area contributed by atoms with E-state index in [1.54, 1.807) is 17.8 Å². The molecule has 1 saturated heterocycles. The number of nitrogens with zero attached hydrogens (tertiary/aromatic N) is 1. The van der Waals surface area contributed by atoms with Crippen LogP contribution in [-0.4, -0.2) is 24.3 Å². The minimum atomic E-state index is 0.0634. The summed E-state index contributed by atoms with van der Waals surface area (Å²) in [6.07, 6.45) is 1.77. The molecule has 0 amide bonds. The van der Waals surface area contributed by atoms with E-state index in [0.717, 1.165) is 17.1 Å². The molecule has 1 atom stereocenters. The Labute approximate surface area is 152 Å². The lowest BCUT2D eigenvalue weighted by Gasteiger charge is -2.13. The first-order valence-electron chi connectivity index (χ1n) is 8.39. The van der Waals surface area contributed by atoms with Crippen LogP contribution in [0.25, 0.3) is 10.8 Å². The second-order valence-corrected chi connectivity index (χ2v) is 7.49. The molecule has 3 heteroatoms. The fourth-order valence-electron chi connectivity index (χ4n) is 3.25. The predicted octanol–water partition coefficient (Wildman–Crippen LogP) is 5.28. The van der Waals surface area contributed by atoms with Gasteiger partial charge in [-0.2, -0.15) is 0 Å². The zero-order valence-corrected chi connectivity index (χ0v) is 14.9. The average molecular weight is 345 g/mol. The van der Waals surface area contributed by atoms with Crippen molar-refractivity contribution in [2.24, 2.45) is 0 Å². The third-order valence-corrected chi connectivity index (χ3v) is 5.92. The number of fused-ring (bicyclic) bond motifs is 1. The fraction of sp³-hybridized carbons (Fsp3) is 0.136. The molecule has 1 aliphatic rings. The van der Waals surface area contributed by atoms with Crippen LogP contribution >= 0.6 is 11.8 Å². The van der Waals surface area contributed by atoms with Gasteiger partial charge in [0.1, 0.15) is 0 Å². The molecule has 25 heavy (non-hydrogen) atoms. The summed E-state index contributed by atoms with van der Waals surface area (Å²) in [5.41, 5.74) is 2.07. The van der Waals surface area contributed by atoms with Crippen molar-refractivity contribution in [1.29, 1.82) is 0 Å². The molecule has 0 N–H and O–H groups in total. The van der Waals surface area contributed by atoms with Gasteiger partial charge in [-0.3, -0.25) is 4.79 Å². The molecular weight excluding hydrogens is 326 g/mol. The lowest BCUT2D eigenvalue weighted by atomic mass is 10.0. The number of likely N-dealkylation sites (N-methyl/N-ethyl adjacent to an activating group) is 1. The first kappa shape index (κ1) is 16.0. The molecule has 0 saturated carbocycles. The summed E-state index contributed by atoms with van der Waals surface area (Å²) in [4.78, 5) is 14.7. The summed E-state index contributed by atoms with van der Waals surface area (Å²) in [6.45, 7) is 0.909. The molecule has 3 aromatic carbocycles. The number of carbonyl (C=O) groups excluding carboxylic acids is 1. The highest BCUT2D eigenvalue weighted by Crippen LogP contribution is 2.45. The van der Waals surface area contributed by atoms with Gasteiger partial charge in [-0.05, 0) is 16.3 Å². The SMILES string of the molecule is CN1CC(c2cccc3ccccc23)SC1=CC(=O)c1ccccc1. The van der Waals surface area contributed by atoms with E-state index in [4.69, 9.17) is 0 Å². The lowest BCUT2D eigenvalue weighted by molar-refractivity contribution is 0.104. The van der Waals surface area contributed by atoms with Crippen molar-refractivity contribution in [2.45, 2.75) is 5.25 Å². The Bertz CT molecular complexity index is 943. The van der Waals surface area contributed by atoms with Gasteiger partial charge in [0.15, 0.2) is 5.78 Å². The van der Waals surface area contributed by atoms with Crippen molar-refractivity contribution < 1.29 is 4.79 Å². The van der Waals surface area contributed by atoms with Crippen molar-refractivity contribution >= 4 is 28.3 Å². The molecule has 0 aliphatic carbocycles. The zero-order valence-electron chi connectivity index (χ0n) is 14.1. The smallest absolute Gasteiger partial charge is 0.188 e. The van der Waals surface area contributed by atoms with Gasteiger partial charge in [-0.25, -0.2) is 0 Å². The van der Waals surface area contributed by atoms with E-state index < -0.39 is 0 Å². The highest BCUT2D eigenvalue weighted by molar-refractivity contribution is 8.03. The molecule has 1 unspecified atom stereocenters. The molecule has 0 spiro atoms. The number of rotatable bonds is 3. The molecule has 3 aromatic rings. The molecule has 1 fully saturated rings. The number of hydrogen-bond acceptors (Lipinski definition) is 3. The van der Waals surface area contributed by atoms with Crippen LogP contribution in [0.1, 0.15) is 21.2 Å². The van der Waals surface area contributed by atoms with Gasteiger partial charge >= 0.3 is 0 Å². The van der Waals surface area contributed by atoms with Crippen LogP contribution in [0.15, 0.2) is 83.9 Å². The van der Waals surface area contributed by atoms with E-state index in [-0.39, 0.29) is 5.78 Å². The minimum Gasteiger partial charge on any atom is -0.368 e. The van der Waals surface area contributed by atoms with Crippen LogP contribution in [0.3, 0.4) is 0 Å². The fourth-order valence-corrected chi connectivity index (χ4v) is 4.60. The molecule has 0 aromatic heterocycles. The molecule has 1 aliphatic heterocycles. The van der Waals surface area contributed by atoms with Gasteiger partial charge in [0.25, 0.3) is 0 Å². The standard InChI is InChI=1S/C22H19NOS/c1-23-15-21(19-13-7-11-16-8-5-6-12-18(16)19)25-22(23)14-20(24)17-9-3-2-4-10-17/h2-14,21H,15H2,1H3. The summed E-state index contributed by atoms with van der Waals surface area (Å²) in [6, 6.07) is 24.4. The topological polar surface area (TPSA) is 20.3 Å². The number of thioether (sulfide) groups is 1. The van der Waals surface area contributed by atoms with E-state index in [0.29, 0.717) is 5.25 Å². The van der Waals surface area contributed by atoms with Gasteiger partial charge in [-0.15, -0.1) is 0 Å². The van der Waals surface area contributed by atoms with Crippen LogP contribution in [0, 0.1) is 0 Å². The van der Waals surface area contributed by atoms with Gasteiger partial charge in [0, 0.05) is 25.2 Å². The Morgan fingerprint density at radius 3 is 2.56 bits per heavy atom. The normalized spacial score (nSPS) is 18.8. The van der Waals surface area contributed by atoms with Crippen molar-refractivity contribution in [3.8, 4) is 0 Å². The lowest BCUT2D eigenvalue weighted by Crippen LogP contribution is -2.13. The zero-order chi connectivity index (χ0) is 17.2. The largest absolute Gasteiger partial charge is 0.368 e. The molecular formula is C22H19NOS. The van der Waals surface area contributed by atoms with Crippen molar-refractivity contribution in [3.63, 3.8) is 0 Å². The van der Waals surface area contributed by atoms with Gasteiger partial charge < -0.3 is 4.90 Å². The monoisotopic (exact) mass is 345 g/mol. The van der Waals surface area contributed by atoms with Gasteiger partial charge in [-0.1, -0.05) is 84.6 Å². The van der Waals surface area contributed by atoms with E-state index in [1.807, 2.05) is 30.3 Å². The van der Waals surface area contributed by atoms with Crippen molar-refractivity contribution in [2.75, 3.05) is 13.6 Å². The highest BCUT2D eigenvalue weighted by Gasteiger charge is 2.27. The number of carbonyl (C=O) groups is 1. The Kier molecular flexibility index (Phi) is 4.33. The van der Waals surface area contributed by atoms with Gasteiger partial charge in [0.2, 0.25) is 0 Å². The summed E-state index contributed by atoms with van der Waals surface area (Å²) < 4.78 is 0. The van der Waals surface area contributed by atoms with E-state index >= 15 is 0 Å². The number of hydrogen-bond donors (Lipinski definition) is 0. The van der Waals surface area contributed by atoms with E-state index in [2.05, 4.69) is 54.4 Å². The number of ketones is 1. The third kappa shape index (κ3) is 3.20. The Balaban J connectivity index is 1.63. The molecule has 0 radical (unpaired) electrons. The summed E-state index contributed by atoms with van der Waals surface area (Å²) >= 11 is 1.78. The van der Waals surface area contributed by atoms with Gasteiger partial charge in [0.05, 0.1) is 10.3 Å². The Hall–Kier alpha value is -2.52. The quantitative estimate of drug-likeness (QED) is 0.475. The maximum Gasteiger partial charge on any atom is 0.188 e. The number of benzene rings is 3. The molecule has 2 nitrogen and oxygen atoms in total. The van der Waals surface area contributed by atoms with Crippen LogP contribution in [0.5, 0.6) is 0 Å². The summed E-state index contributed by atoms with van der Waals surface area (Å²) in [7, 11) is 2.06. The maximum atomic E-state index is 12.5. The molecule has 4 rings (SSSR count). The van der Waals surface area contributed by atoms with Crippen LogP contribution in [0.2, 0.25) is 0 Å². The predicted molar refractivity (Wildman–Crippen MR) is 106 cm³/mol. The second-order valence-electron chi connectivity index (χ2n) is 6.27. The maximum absolute atomic E-state index is 12.5. The number of allylic oxidation sites excluding steroid dienone is 1. The molecule has 124 valence electrons. The second kappa shape index (κ2) is 6.77. The first-order valence-corrected chi connectivity index (χ1v) is 9.27. The molecule has 0 bridgehead atoms. The van der Waals surface area contributed by atoms with E-state index in [1.165, 1.54) is 16.3 Å².